The van der Waals surface area contributed by atoms with Crippen LogP contribution in [0.25, 0.3) is 0 Å². The molecule has 0 radical (unpaired) electrons. The topological polar surface area (TPSA) is 51.8 Å². The Hall–Kier alpha value is -1.26. The smallest absolute Gasteiger partial charge is 0.0991 e. The maximum atomic E-state index is 6.11. The van der Waals surface area contributed by atoms with Crippen LogP contribution in [0.2, 0.25) is 0 Å². The van der Waals surface area contributed by atoms with E-state index in [0.29, 0.717) is 0 Å². The van der Waals surface area contributed by atoms with Crippen LogP contribution in [-0.4, -0.2) is 9.97 Å². The fourth-order valence-electron chi connectivity index (χ4n) is 2.24. The minimum atomic E-state index is 0.203. The van der Waals surface area contributed by atoms with Crippen LogP contribution in [-0.2, 0) is 12.8 Å². The molecule has 2 aromatic heterocycles. The van der Waals surface area contributed by atoms with E-state index in [1.54, 1.807) is 11.3 Å². The highest BCUT2D eigenvalue weighted by Gasteiger charge is 2.21. The molecule has 0 aliphatic heterocycles. The Morgan fingerprint density at radius 2 is 2.35 bits per heavy atom. The van der Waals surface area contributed by atoms with Crippen molar-refractivity contribution in [1.29, 1.82) is 0 Å². The van der Waals surface area contributed by atoms with Crippen LogP contribution in [0.5, 0.6) is 0 Å². The summed E-state index contributed by atoms with van der Waals surface area (Å²) >= 11 is 1.76. The summed E-state index contributed by atoms with van der Waals surface area (Å²) in [5.41, 5.74) is 8.41. The van der Waals surface area contributed by atoms with E-state index in [2.05, 4.69) is 4.98 Å². The SMILES string of the molecule is NC1CCCc2nc(Cc3ccccn3)sc21. The van der Waals surface area contributed by atoms with E-state index >= 15 is 0 Å². The summed E-state index contributed by atoms with van der Waals surface area (Å²) in [7, 11) is 0. The van der Waals surface area contributed by atoms with Crippen molar-refractivity contribution in [2.24, 2.45) is 5.73 Å². The van der Waals surface area contributed by atoms with Crippen LogP contribution in [0.4, 0.5) is 0 Å². The van der Waals surface area contributed by atoms with Gasteiger partial charge in [-0.1, -0.05) is 6.07 Å². The van der Waals surface area contributed by atoms with E-state index in [1.807, 2.05) is 24.4 Å². The lowest BCUT2D eigenvalue weighted by atomic mass is 9.99. The van der Waals surface area contributed by atoms with Crippen LogP contribution < -0.4 is 5.73 Å². The van der Waals surface area contributed by atoms with Gasteiger partial charge in [-0.05, 0) is 31.4 Å². The third-order valence-electron chi connectivity index (χ3n) is 3.10. The molecule has 17 heavy (non-hydrogen) atoms. The summed E-state index contributed by atoms with van der Waals surface area (Å²) in [5, 5.41) is 1.14. The molecule has 2 heterocycles. The van der Waals surface area contributed by atoms with E-state index in [9.17, 15) is 0 Å². The molecule has 2 aromatic rings. The van der Waals surface area contributed by atoms with E-state index in [4.69, 9.17) is 10.7 Å². The highest BCUT2D eigenvalue weighted by atomic mass is 32.1. The van der Waals surface area contributed by atoms with Gasteiger partial charge >= 0.3 is 0 Å². The highest BCUT2D eigenvalue weighted by molar-refractivity contribution is 7.11. The van der Waals surface area contributed by atoms with Crippen molar-refractivity contribution in [1.82, 2.24) is 9.97 Å². The molecule has 0 amide bonds. The molecular formula is C13H15N3S. The molecule has 3 nitrogen and oxygen atoms in total. The average molecular weight is 245 g/mol. The molecule has 0 fully saturated rings. The van der Waals surface area contributed by atoms with Crippen LogP contribution in [0.3, 0.4) is 0 Å². The van der Waals surface area contributed by atoms with E-state index < -0.39 is 0 Å². The second kappa shape index (κ2) is 4.55. The molecule has 0 bridgehead atoms. The second-order valence-electron chi connectivity index (χ2n) is 4.42. The lowest BCUT2D eigenvalue weighted by Gasteiger charge is -2.15. The molecule has 0 saturated carbocycles. The predicted octanol–water partition coefficient (Wildman–Crippen LogP) is 2.47. The van der Waals surface area contributed by atoms with Gasteiger partial charge in [0.25, 0.3) is 0 Å². The van der Waals surface area contributed by atoms with Gasteiger partial charge < -0.3 is 5.73 Å². The number of hydrogen-bond acceptors (Lipinski definition) is 4. The predicted molar refractivity (Wildman–Crippen MR) is 69.0 cm³/mol. The summed E-state index contributed by atoms with van der Waals surface area (Å²) in [6, 6.07) is 6.20. The van der Waals surface area contributed by atoms with Crippen molar-refractivity contribution in [2.45, 2.75) is 31.7 Å². The van der Waals surface area contributed by atoms with Crippen molar-refractivity contribution < 1.29 is 0 Å². The van der Waals surface area contributed by atoms with Crippen molar-refractivity contribution >= 4 is 11.3 Å². The fraction of sp³-hybridized carbons (Fsp3) is 0.385. The first-order valence-corrected chi connectivity index (χ1v) is 6.78. The molecule has 3 rings (SSSR count). The molecule has 1 unspecified atom stereocenters. The van der Waals surface area contributed by atoms with E-state index in [0.717, 1.165) is 30.0 Å². The maximum absolute atomic E-state index is 6.11. The molecule has 1 aliphatic rings. The number of hydrogen-bond donors (Lipinski definition) is 1. The second-order valence-corrected chi connectivity index (χ2v) is 5.53. The van der Waals surface area contributed by atoms with Crippen molar-refractivity contribution in [3.63, 3.8) is 0 Å². The molecular weight excluding hydrogens is 230 g/mol. The zero-order valence-corrected chi connectivity index (χ0v) is 10.4. The van der Waals surface area contributed by atoms with Crippen LogP contribution >= 0.6 is 11.3 Å². The third-order valence-corrected chi connectivity index (χ3v) is 4.33. The first-order chi connectivity index (χ1) is 8.33. The van der Waals surface area contributed by atoms with Crippen molar-refractivity contribution in [3.05, 3.63) is 45.7 Å². The summed E-state index contributed by atoms with van der Waals surface area (Å²) < 4.78 is 0. The van der Waals surface area contributed by atoms with Gasteiger partial charge in [-0.25, -0.2) is 4.98 Å². The Kier molecular flexibility index (Phi) is 2.91. The van der Waals surface area contributed by atoms with Gasteiger partial charge in [0.05, 0.1) is 10.7 Å². The highest BCUT2D eigenvalue weighted by Crippen LogP contribution is 2.33. The zero-order valence-electron chi connectivity index (χ0n) is 9.60. The third kappa shape index (κ3) is 2.23. The molecule has 2 N–H and O–H groups in total. The van der Waals surface area contributed by atoms with Crippen LogP contribution in [0.15, 0.2) is 24.4 Å². The standard InChI is InChI=1S/C13H15N3S/c14-10-5-3-6-11-13(10)17-12(16-11)8-9-4-1-2-7-15-9/h1-2,4,7,10H,3,5-6,8,14H2. The summed E-state index contributed by atoms with van der Waals surface area (Å²) in [4.78, 5) is 10.3. The van der Waals surface area contributed by atoms with Gasteiger partial charge in [-0.2, -0.15) is 0 Å². The zero-order chi connectivity index (χ0) is 11.7. The van der Waals surface area contributed by atoms with E-state index in [-0.39, 0.29) is 6.04 Å². The number of pyridine rings is 1. The van der Waals surface area contributed by atoms with Gasteiger partial charge in [0.2, 0.25) is 0 Å². The first-order valence-electron chi connectivity index (χ1n) is 5.97. The normalized spacial score (nSPS) is 19.0. The van der Waals surface area contributed by atoms with Crippen LogP contribution in [0.1, 0.15) is 40.2 Å². The van der Waals surface area contributed by atoms with Crippen LogP contribution in [0, 0.1) is 0 Å². The Morgan fingerprint density at radius 1 is 1.41 bits per heavy atom. The number of thiazole rings is 1. The number of aromatic nitrogens is 2. The molecule has 4 heteroatoms. The quantitative estimate of drug-likeness (QED) is 0.884. The van der Waals surface area contributed by atoms with Gasteiger partial charge in [0, 0.05) is 29.2 Å². The fourth-order valence-corrected chi connectivity index (χ4v) is 3.40. The monoisotopic (exact) mass is 245 g/mol. The molecule has 88 valence electrons. The Bertz CT molecular complexity index is 507. The van der Waals surface area contributed by atoms with Gasteiger partial charge in [-0.3, -0.25) is 4.98 Å². The Labute approximate surface area is 105 Å². The number of nitrogens with zero attached hydrogens (tertiary/aromatic N) is 2. The lowest BCUT2D eigenvalue weighted by molar-refractivity contribution is 0.573. The maximum Gasteiger partial charge on any atom is 0.0991 e. The average Bonchev–Trinajstić information content (AvgIpc) is 2.74. The summed E-state index contributed by atoms with van der Waals surface area (Å²) in [6.45, 7) is 0. The largest absolute Gasteiger partial charge is 0.323 e. The number of rotatable bonds is 2. The molecule has 1 atom stereocenters. The minimum Gasteiger partial charge on any atom is -0.323 e. The van der Waals surface area contributed by atoms with E-state index in [1.165, 1.54) is 17.0 Å². The Morgan fingerprint density at radius 3 is 3.12 bits per heavy atom. The number of fused-ring (bicyclic) bond motifs is 1. The summed E-state index contributed by atoms with van der Waals surface area (Å²) in [5.74, 6) is 0. The number of aryl methyl sites for hydroxylation is 1. The van der Waals surface area contributed by atoms with Crippen molar-refractivity contribution in [2.75, 3.05) is 0 Å². The molecule has 0 aromatic carbocycles. The Balaban J connectivity index is 1.85. The summed E-state index contributed by atoms with van der Waals surface area (Å²) in [6.07, 6.45) is 6.00. The van der Waals surface area contributed by atoms with Gasteiger partial charge in [0.15, 0.2) is 0 Å². The minimum absolute atomic E-state index is 0.203. The van der Waals surface area contributed by atoms with Gasteiger partial charge in [-0.15, -0.1) is 11.3 Å². The van der Waals surface area contributed by atoms with Crippen molar-refractivity contribution in [3.8, 4) is 0 Å². The molecule has 0 saturated heterocycles. The first kappa shape index (κ1) is 10.9. The van der Waals surface area contributed by atoms with Gasteiger partial charge in [0.1, 0.15) is 0 Å². The molecule has 1 aliphatic carbocycles. The number of nitrogens with two attached hydrogens (primary N) is 1. The lowest BCUT2D eigenvalue weighted by Crippen LogP contribution is -2.15. The molecule has 0 spiro atoms.